The normalized spacial score (nSPS) is 11.7. The van der Waals surface area contributed by atoms with Gasteiger partial charge in [0.25, 0.3) is 5.91 Å². The lowest BCUT2D eigenvalue weighted by atomic mass is 10.1. The average molecular weight is 301 g/mol. The molecule has 0 aliphatic rings. The number of hydrogen-bond donors (Lipinski definition) is 3. The number of aryl methyl sites for hydroxylation is 1. The monoisotopic (exact) mass is 301 g/mol. The Bertz CT molecular complexity index is 621. The van der Waals surface area contributed by atoms with Crippen molar-refractivity contribution in [1.29, 1.82) is 0 Å². The molecule has 1 heterocycles. The summed E-state index contributed by atoms with van der Waals surface area (Å²) in [7, 11) is 0. The lowest BCUT2D eigenvalue weighted by Gasteiger charge is -2.13. The predicted molar refractivity (Wildman–Crippen MR) is 82.2 cm³/mol. The highest BCUT2D eigenvalue weighted by Gasteiger charge is 2.15. The second-order valence-electron chi connectivity index (χ2n) is 4.91. The van der Waals surface area contributed by atoms with Crippen LogP contribution in [-0.2, 0) is 4.79 Å². The van der Waals surface area contributed by atoms with E-state index < -0.39 is 6.04 Å². The van der Waals surface area contributed by atoms with Crippen LogP contribution in [-0.4, -0.2) is 24.9 Å². The largest absolute Gasteiger partial charge is 0.459 e. The van der Waals surface area contributed by atoms with Crippen molar-refractivity contribution in [2.75, 3.05) is 13.1 Å². The number of carbonyl (C=O) groups excluding carboxylic acids is 2. The summed E-state index contributed by atoms with van der Waals surface area (Å²) in [6, 6.07) is 9.97. The lowest BCUT2D eigenvalue weighted by Crippen LogP contribution is -2.39. The summed E-state index contributed by atoms with van der Waals surface area (Å²) < 4.78 is 4.96. The molecule has 0 saturated heterocycles. The van der Waals surface area contributed by atoms with Crippen LogP contribution >= 0.6 is 0 Å². The van der Waals surface area contributed by atoms with Gasteiger partial charge in [-0.2, -0.15) is 0 Å². The Hall–Kier alpha value is -2.60. The van der Waals surface area contributed by atoms with Gasteiger partial charge in [-0.3, -0.25) is 9.59 Å². The molecular formula is C16H19N3O3. The Kier molecular flexibility index (Phi) is 5.32. The van der Waals surface area contributed by atoms with E-state index in [1.165, 1.54) is 6.26 Å². The van der Waals surface area contributed by atoms with E-state index in [9.17, 15) is 9.59 Å². The number of hydrogen-bond acceptors (Lipinski definition) is 4. The van der Waals surface area contributed by atoms with Gasteiger partial charge < -0.3 is 20.8 Å². The van der Waals surface area contributed by atoms with E-state index in [-0.39, 0.29) is 17.6 Å². The van der Waals surface area contributed by atoms with Crippen molar-refractivity contribution in [2.24, 2.45) is 5.73 Å². The number of amides is 2. The zero-order valence-corrected chi connectivity index (χ0v) is 12.3. The van der Waals surface area contributed by atoms with E-state index in [4.69, 9.17) is 10.2 Å². The first-order chi connectivity index (χ1) is 10.6. The molecule has 1 atom stereocenters. The molecule has 2 rings (SSSR count). The molecule has 1 aromatic carbocycles. The van der Waals surface area contributed by atoms with Gasteiger partial charge >= 0.3 is 0 Å². The second-order valence-corrected chi connectivity index (χ2v) is 4.91. The SMILES string of the molecule is Cc1ccc(C(N)C(=O)NCCNC(=O)c2ccco2)cc1. The summed E-state index contributed by atoms with van der Waals surface area (Å²) in [6.07, 6.45) is 1.43. The molecule has 0 saturated carbocycles. The van der Waals surface area contributed by atoms with Crippen molar-refractivity contribution in [3.63, 3.8) is 0 Å². The molecule has 0 fully saturated rings. The topological polar surface area (TPSA) is 97.4 Å². The lowest BCUT2D eigenvalue weighted by molar-refractivity contribution is -0.122. The first kappa shape index (κ1) is 15.8. The molecule has 0 spiro atoms. The van der Waals surface area contributed by atoms with Crippen LogP contribution < -0.4 is 16.4 Å². The van der Waals surface area contributed by atoms with Crippen molar-refractivity contribution in [1.82, 2.24) is 10.6 Å². The molecule has 0 bridgehead atoms. The second kappa shape index (κ2) is 7.42. The highest BCUT2D eigenvalue weighted by atomic mass is 16.3. The molecule has 0 aliphatic carbocycles. The first-order valence-electron chi connectivity index (χ1n) is 6.99. The molecule has 1 unspecified atom stereocenters. The van der Waals surface area contributed by atoms with Crippen LogP contribution in [0, 0.1) is 6.92 Å². The minimum absolute atomic E-state index is 0.239. The Labute approximate surface area is 128 Å². The van der Waals surface area contributed by atoms with Crippen molar-refractivity contribution in [2.45, 2.75) is 13.0 Å². The summed E-state index contributed by atoms with van der Waals surface area (Å²) in [4.78, 5) is 23.5. The van der Waals surface area contributed by atoms with E-state index in [0.717, 1.165) is 11.1 Å². The summed E-state index contributed by atoms with van der Waals surface area (Å²) in [5.74, 6) is -0.360. The Morgan fingerprint density at radius 1 is 1.14 bits per heavy atom. The van der Waals surface area contributed by atoms with Gasteiger partial charge in [-0.25, -0.2) is 0 Å². The molecule has 22 heavy (non-hydrogen) atoms. The van der Waals surface area contributed by atoms with Crippen LogP contribution in [0.15, 0.2) is 47.1 Å². The van der Waals surface area contributed by atoms with Gasteiger partial charge in [-0.05, 0) is 24.6 Å². The third-order valence-electron chi connectivity index (χ3n) is 3.17. The predicted octanol–water partition coefficient (Wildman–Crippen LogP) is 1.13. The maximum absolute atomic E-state index is 11.9. The van der Waals surface area contributed by atoms with E-state index >= 15 is 0 Å². The molecule has 116 valence electrons. The fraction of sp³-hybridized carbons (Fsp3) is 0.250. The average Bonchev–Trinajstić information content (AvgIpc) is 3.05. The van der Waals surface area contributed by atoms with E-state index in [1.54, 1.807) is 12.1 Å². The van der Waals surface area contributed by atoms with Crippen LogP contribution in [0.3, 0.4) is 0 Å². The maximum Gasteiger partial charge on any atom is 0.287 e. The van der Waals surface area contributed by atoms with E-state index in [2.05, 4.69) is 10.6 Å². The summed E-state index contributed by atoms with van der Waals surface area (Å²) in [6.45, 7) is 2.56. The van der Waals surface area contributed by atoms with Gasteiger partial charge in [0.15, 0.2) is 5.76 Å². The number of carbonyl (C=O) groups is 2. The summed E-state index contributed by atoms with van der Waals surface area (Å²) in [5, 5.41) is 5.33. The minimum Gasteiger partial charge on any atom is -0.459 e. The van der Waals surface area contributed by atoms with Crippen LogP contribution in [0.4, 0.5) is 0 Å². The van der Waals surface area contributed by atoms with E-state index in [0.29, 0.717) is 13.1 Å². The fourth-order valence-corrected chi connectivity index (χ4v) is 1.89. The number of furan rings is 1. The van der Waals surface area contributed by atoms with Crippen molar-refractivity contribution in [3.05, 3.63) is 59.5 Å². The first-order valence-corrected chi connectivity index (χ1v) is 6.99. The third kappa shape index (κ3) is 4.20. The standard InChI is InChI=1S/C16H19N3O3/c1-11-4-6-12(7-5-11)14(17)16(21)19-9-8-18-15(20)13-3-2-10-22-13/h2-7,10,14H,8-9,17H2,1H3,(H,18,20)(H,19,21). The van der Waals surface area contributed by atoms with Gasteiger partial charge in [-0.15, -0.1) is 0 Å². The van der Waals surface area contributed by atoms with Crippen LogP contribution in [0.5, 0.6) is 0 Å². The van der Waals surface area contributed by atoms with Crippen molar-refractivity contribution >= 4 is 11.8 Å². The minimum atomic E-state index is -0.721. The van der Waals surface area contributed by atoms with Crippen molar-refractivity contribution < 1.29 is 14.0 Å². The molecule has 0 radical (unpaired) electrons. The fourth-order valence-electron chi connectivity index (χ4n) is 1.89. The van der Waals surface area contributed by atoms with Gasteiger partial charge in [-0.1, -0.05) is 29.8 Å². The highest BCUT2D eigenvalue weighted by molar-refractivity contribution is 5.91. The number of rotatable bonds is 6. The highest BCUT2D eigenvalue weighted by Crippen LogP contribution is 2.11. The van der Waals surface area contributed by atoms with Gasteiger partial charge in [0.1, 0.15) is 6.04 Å². The molecule has 2 amide bonds. The number of nitrogens with one attached hydrogen (secondary N) is 2. The summed E-state index contributed by atoms with van der Waals surface area (Å²) in [5.41, 5.74) is 7.75. The third-order valence-corrected chi connectivity index (χ3v) is 3.17. The zero-order chi connectivity index (χ0) is 15.9. The molecule has 6 nitrogen and oxygen atoms in total. The number of nitrogens with two attached hydrogens (primary N) is 1. The quantitative estimate of drug-likeness (QED) is 0.697. The van der Waals surface area contributed by atoms with Crippen LogP contribution in [0.2, 0.25) is 0 Å². The van der Waals surface area contributed by atoms with Crippen molar-refractivity contribution in [3.8, 4) is 0 Å². The molecular weight excluding hydrogens is 282 g/mol. The smallest absolute Gasteiger partial charge is 0.287 e. The Balaban J connectivity index is 1.73. The molecule has 0 aliphatic heterocycles. The zero-order valence-electron chi connectivity index (χ0n) is 12.3. The maximum atomic E-state index is 11.9. The molecule has 1 aromatic heterocycles. The van der Waals surface area contributed by atoms with Crippen LogP contribution in [0.25, 0.3) is 0 Å². The van der Waals surface area contributed by atoms with E-state index in [1.807, 2.05) is 31.2 Å². The van der Waals surface area contributed by atoms with Gasteiger partial charge in [0.2, 0.25) is 5.91 Å². The van der Waals surface area contributed by atoms with Gasteiger partial charge in [0.05, 0.1) is 6.26 Å². The summed E-state index contributed by atoms with van der Waals surface area (Å²) >= 11 is 0. The Morgan fingerprint density at radius 3 is 2.45 bits per heavy atom. The molecule has 2 aromatic rings. The molecule has 6 heteroatoms. The Morgan fingerprint density at radius 2 is 1.82 bits per heavy atom. The molecule has 4 N–H and O–H groups in total. The van der Waals surface area contributed by atoms with Crippen LogP contribution in [0.1, 0.15) is 27.7 Å². The van der Waals surface area contributed by atoms with Gasteiger partial charge in [0, 0.05) is 13.1 Å². The number of benzene rings is 1.